The zero-order valence-electron chi connectivity index (χ0n) is 10.5. The lowest BCUT2D eigenvalue weighted by Crippen LogP contribution is -2.52. The van der Waals surface area contributed by atoms with E-state index in [1.54, 1.807) is 30.1 Å². The summed E-state index contributed by atoms with van der Waals surface area (Å²) in [7, 11) is 1.70. The van der Waals surface area contributed by atoms with E-state index >= 15 is 0 Å². The first-order valence-corrected chi connectivity index (χ1v) is 6.15. The zero-order valence-corrected chi connectivity index (χ0v) is 10.5. The van der Waals surface area contributed by atoms with Crippen LogP contribution in [0.2, 0.25) is 0 Å². The van der Waals surface area contributed by atoms with E-state index in [4.69, 9.17) is 4.74 Å². The Morgan fingerprint density at radius 2 is 2.37 bits per heavy atom. The van der Waals surface area contributed by atoms with Gasteiger partial charge in [-0.15, -0.1) is 0 Å². The van der Waals surface area contributed by atoms with Crippen LogP contribution in [0.25, 0.3) is 5.65 Å². The molecule has 19 heavy (non-hydrogen) atoms. The molecule has 100 valence electrons. The second kappa shape index (κ2) is 4.94. The highest BCUT2D eigenvalue weighted by atomic mass is 16.5. The van der Waals surface area contributed by atoms with Crippen LogP contribution >= 0.6 is 0 Å². The van der Waals surface area contributed by atoms with E-state index in [1.807, 2.05) is 0 Å². The van der Waals surface area contributed by atoms with Crippen LogP contribution in [0.5, 0.6) is 0 Å². The Balaban J connectivity index is 1.61. The van der Waals surface area contributed by atoms with Crippen molar-refractivity contribution >= 4 is 11.6 Å². The Labute approximate surface area is 109 Å². The van der Waals surface area contributed by atoms with Gasteiger partial charge in [0.2, 0.25) is 0 Å². The number of nitrogens with zero attached hydrogens (tertiary/aromatic N) is 3. The van der Waals surface area contributed by atoms with Crippen molar-refractivity contribution in [2.75, 3.05) is 7.11 Å². The Morgan fingerprint density at radius 3 is 3.16 bits per heavy atom. The van der Waals surface area contributed by atoms with Crippen LogP contribution in [-0.4, -0.2) is 39.8 Å². The van der Waals surface area contributed by atoms with Gasteiger partial charge in [-0.3, -0.25) is 10.2 Å². The van der Waals surface area contributed by atoms with Crippen LogP contribution in [0.3, 0.4) is 0 Å². The maximum Gasteiger partial charge on any atom is 0.270 e. The average Bonchev–Trinajstić information content (AvgIpc) is 2.81. The van der Waals surface area contributed by atoms with E-state index in [0.29, 0.717) is 17.3 Å². The lowest BCUT2D eigenvalue weighted by Gasteiger charge is -2.34. The minimum Gasteiger partial charge on any atom is -0.381 e. The molecule has 1 saturated carbocycles. The monoisotopic (exact) mass is 261 g/mol. The van der Waals surface area contributed by atoms with Crippen LogP contribution in [0.15, 0.2) is 24.7 Å². The molecule has 7 heteroatoms. The van der Waals surface area contributed by atoms with Crippen LogP contribution < -0.4 is 10.9 Å². The molecule has 2 heterocycles. The van der Waals surface area contributed by atoms with E-state index in [-0.39, 0.29) is 11.9 Å². The number of hydrogen-bond donors (Lipinski definition) is 2. The number of ether oxygens (including phenoxy) is 1. The van der Waals surface area contributed by atoms with Gasteiger partial charge in [0.05, 0.1) is 12.3 Å². The van der Waals surface area contributed by atoms with Crippen molar-refractivity contribution < 1.29 is 9.53 Å². The first-order valence-electron chi connectivity index (χ1n) is 6.15. The van der Waals surface area contributed by atoms with Crippen LogP contribution in [0, 0.1) is 0 Å². The number of rotatable bonds is 4. The Kier molecular flexibility index (Phi) is 3.14. The van der Waals surface area contributed by atoms with Crippen LogP contribution in [0.4, 0.5) is 0 Å². The molecule has 3 rings (SSSR count). The van der Waals surface area contributed by atoms with Gasteiger partial charge >= 0.3 is 0 Å². The van der Waals surface area contributed by atoms with Gasteiger partial charge in [0.15, 0.2) is 5.65 Å². The Bertz CT molecular complexity index is 591. The third-order valence-electron chi connectivity index (χ3n) is 3.34. The standard InChI is InChI=1S/C12H15N5O2/c1-19-9-5-8(6-9)15-16-12(18)10-7-14-17-4-2-3-13-11(10)17/h2-4,7-9,15H,5-6H2,1H3,(H,16,18). The highest BCUT2D eigenvalue weighted by Gasteiger charge is 2.29. The Morgan fingerprint density at radius 1 is 1.53 bits per heavy atom. The van der Waals surface area contributed by atoms with Gasteiger partial charge in [-0.2, -0.15) is 5.10 Å². The third kappa shape index (κ3) is 2.29. The quantitative estimate of drug-likeness (QED) is 0.765. The second-order valence-electron chi connectivity index (χ2n) is 4.57. The maximum absolute atomic E-state index is 12.0. The number of aromatic nitrogens is 3. The summed E-state index contributed by atoms with van der Waals surface area (Å²) in [6, 6.07) is 2.03. The molecule has 0 saturated heterocycles. The number of hydrazine groups is 1. The number of carbonyl (C=O) groups is 1. The number of nitrogens with one attached hydrogen (secondary N) is 2. The lowest BCUT2D eigenvalue weighted by atomic mass is 9.90. The minimum absolute atomic E-state index is 0.227. The molecule has 0 atom stereocenters. The molecular weight excluding hydrogens is 246 g/mol. The Hall–Kier alpha value is -1.99. The van der Waals surface area contributed by atoms with Crippen molar-refractivity contribution in [3.05, 3.63) is 30.2 Å². The summed E-state index contributed by atoms with van der Waals surface area (Å²) in [5.41, 5.74) is 6.68. The smallest absolute Gasteiger partial charge is 0.270 e. The van der Waals surface area contributed by atoms with Gasteiger partial charge in [0.1, 0.15) is 5.56 Å². The summed E-state index contributed by atoms with van der Waals surface area (Å²) in [4.78, 5) is 16.2. The summed E-state index contributed by atoms with van der Waals surface area (Å²) >= 11 is 0. The van der Waals surface area contributed by atoms with E-state index in [1.165, 1.54) is 6.20 Å². The lowest BCUT2D eigenvalue weighted by molar-refractivity contribution is 0.0133. The molecule has 1 aliphatic rings. The summed E-state index contributed by atoms with van der Waals surface area (Å²) in [5, 5.41) is 4.07. The second-order valence-corrected chi connectivity index (χ2v) is 4.57. The van der Waals surface area contributed by atoms with E-state index in [0.717, 1.165) is 12.8 Å². The maximum atomic E-state index is 12.0. The minimum atomic E-state index is -0.227. The molecule has 0 spiro atoms. The number of hydrogen-bond acceptors (Lipinski definition) is 5. The first-order chi connectivity index (χ1) is 9.28. The van der Waals surface area contributed by atoms with Crippen LogP contribution in [-0.2, 0) is 4.74 Å². The number of carbonyl (C=O) groups excluding carboxylic acids is 1. The molecule has 0 bridgehead atoms. The summed E-state index contributed by atoms with van der Waals surface area (Å²) < 4.78 is 6.75. The van der Waals surface area contributed by atoms with Gasteiger partial charge in [0, 0.05) is 25.5 Å². The van der Waals surface area contributed by atoms with E-state index in [2.05, 4.69) is 20.9 Å². The fraction of sp³-hybridized carbons (Fsp3) is 0.417. The third-order valence-corrected chi connectivity index (χ3v) is 3.34. The molecule has 0 radical (unpaired) electrons. The normalized spacial score (nSPS) is 22.2. The molecule has 1 fully saturated rings. The summed E-state index contributed by atoms with van der Waals surface area (Å²) in [6.45, 7) is 0. The molecule has 7 nitrogen and oxygen atoms in total. The number of methoxy groups -OCH3 is 1. The fourth-order valence-corrected chi connectivity index (χ4v) is 2.10. The molecule has 1 amide bonds. The molecule has 0 aromatic carbocycles. The SMILES string of the molecule is COC1CC(NNC(=O)c2cnn3cccnc23)C1. The molecule has 1 aliphatic carbocycles. The predicted octanol–water partition coefficient (Wildman–Crippen LogP) is 0.141. The molecule has 0 unspecified atom stereocenters. The van der Waals surface area contributed by atoms with E-state index in [9.17, 15) is 4.79 Å². The number of amides is 1. The van der Waals surface area contributed by atoms with E-state index < -0.39 is 0 Å². The van der Waals surface area contributed by atoms with Gasteiger partial charge in [-0.05, 0) is 18.9 Å². The van der Waals surface area contributed by atoms with Crippen LogP contribution in [0.1, 0.15) is 23.2 Å². The summed E-state index contributed by atoms with van der Waals surface area (Å²) in [5.74, 6) is -0.227. The first kappa shape index (κ1) is 12.1. The van der Waals surface area contributed by atoms with Crippen molar-refractivity contribution in [3.63, 3.8) is 0 Å². The summed E-state index contributed by atoms with van der Waals surface area (Å²) in [6.07, 6.45) is 7.01. The molecule has 2 N–H and O–H groups in total. The van der Waals surface area contributed by atoms with Gasteiger partial charge in [-0.25, -0.2) is 14.9 Å². The predicted molar refractivity (Wildman–Crippen MR) is 67.4 cm³/mol. The van der Waals surface area contributed by atoms with Crippen molar-refractivity contribution in [2.24, 2.45) is 0 Å². The molecule has 2 aromatic rings. The fourth-order valence-electron chi connectivity index (χ4n) is 2.10. The highest BCUT2D eigenvalue weighted by molar-refractivity contribution is 5.99. The van der Waals surface area contributed by atoms with Gasteiger partial charge in [-0.1, -0.05) is 0 Å². The highest BCUT2D eigenvalue weighted by Crippen LogP contribution is 2.21. The van der Waals surface area contributed by atoms with Gasteiger partial charge < -0.3 is 4.74 Å². The van der Waals surface area contributed by atoms with Gasteiger partial charge in [0.25, 0.3) is 5.91 Å². The molecule has 2 aromatic heterocycles. The average molecular weight is 261 g/mol. The van der Waals surface area contributed by atoms with Crippen molar-refractivity contribution in [1.82, 2.24) is 25.4 Å². The largest absolute Gasteiger partial charge is 0.381 e. The number of fused-ring (bicyclic) bond motifs is 1. The zero-order chi connectivity index (χ0) is 13.2. The molecular formula is C12H15N5O2. The van der Waals surface area contributed by atoms with Crippen molar-refractivity contribution in [2.45, 2.75) is 25.0 Å². The van der Waals surface area contributed by atoms with Crippen molar-refractivity contribution in [3.8, 4) is 0 Å². The topological polar surface area (TPSA) is 80.5 Å². The van der Waals surface area contributed by atoms with Crippen molar-refractivity contribution in [1.29, 1.82) is 0 Å². The molecule has 0 aliphatic heterocycles.